The van der Waals surface area contributed by atoms with Crippen molar-refractivity contribution < 1.29 is 14.3 Å². The number of halogens is 3. The molecule has 0 saturated heterocycles. The number of rotatable bonds is 7. The lowest BCUT2D eigenvalue weighted by Gasteiger charge is -2.29. The van der Waals surface area contributed by atoms with Gasteiger partial charge in [-0.3, -0.25) is 4.79 Å². The molecule has 1 atom stereocenters. The molecular formula is C28H24BrCl2N5O3. The van der Waals surface area contributed by atoms with Crippen LogP contribution in [-0.4, -0.2) is 27.8 Å². The van der Waals surface area contributed by atoms with E-state index in [1.165, 1.54) is 6.33 Å². The van der Waals surface area contributed by atoms with Crippen LogP contribution in [0.2, 0.25) is 10.0 Å². The molecule has 1 aliphatic rings. The van der Waals surface area contributed by atoms with E-state index >= 15 is 0 Å². The molecule has 0 aliphatic carbocycles. The number of carbonyl (C=O) groups excluding carboxylic acids is 1. The van der Waals surface area contributed by atoms with Gasteiger partial charge in [-0.2, -0.15) is 10.1 Å². The van der Waals surface area contributed by atoms with Gasteiger partial charge in [0.2, 0.25) is 5.95 Å². The third-order valence-electron chi connectivity index (χ3n) is 6.37. The van der Waals surface area contributed by atoms with E-state index in [1.54, 1.807) is 23.9 Å². The summed E-state index contributed by atoms with van der Waals surface area (Å²) in [5, 5.41) is 11.6. The van der Waals surface area contributed by atoms with Gasteiger partial charge in [0.15, 0.2) is 11.5 Å². The molecule has 39 heavy (non-hydrogen) atoms. The Labute approximate surface area is 244 Å². The number of amides is 1. The number of nitrogens with one attached hydrogen (secondary N) is 2. The Hall–Kier alpha value is -3.53. The summed E-state index contributed by atoms with van der Waals surface area (Å²) in [4.78, 5) is 18.0. The largest absolute Gasteiger partial charge is 0.493 e. The Balaban J connectivity index is 1.51. The van der Waals surface area contributed by atoms with E-state index in [1.807, 2.05) is 56.3 Å². The fourth-order valence-corrected chi connectivity index (χ4v) is 5.31. The predicted molar refractivity (Wildman–Crippen MR) is 156 cm³/mol. The number of allylic oxidation sites excluding steroid dienone is 1. The fraction of sp³-hybridized carbons (Fsp3) is 0.179. The Morgan fingerprint density at radius 2 is 1.92 bits per heavy atom. The number of para-hydroxylation sites is 1. The van der Waals surface area contributed by atoms with Crippen molar-refractivity contribution in [1.82, 2.24) is 14.8 Å². The van der Waals surface area contributed by atoms with Gasteiger partial charge >= 0.3 is 0 Å². The van der Waals surface area contributed by atoms with Gasteiger partial charge in [0.05, 0.1) is 27.2 Å². The molecule has 2 heterocycles. The van der Waals surface area contributed by atoms with Crippen molar-refractivity contribution in [3.8, 4) is 11.5 Å². The molecule has 5 rings (SSSR count). The van der Waals surface area contributed by atoms with Crippen molar-refractivity contribution in [1.29, 1.82) is 0 Å². The first kappa shape index (κ1) is 27.1. The highest BCUT2D eigenvalue weighted by Crippen LogP contribution is 2.43. The monoisotopic (exact) mass is 627 g/mol. The minimum Gasteiger partial charge on any atom is -0.493 e. The SMILES string of the molecule is COc1cc(C2C(C(=O)Nc3ccccc3C)=C(C)Nc3ncnn32)cc(Br)c1OCc1ccc(Cl)c(Cl)c1. The maximum Gasteiger partial charge on any atom is 0.255 e. The van der Waals surface area contributed by atoms with Gasteiger partial charge < -0.3 is 20.1 Å². The third kappa shape index (κ3) is 5.48. The second-order valence-electron chi connectivity index (χ2n) is 8.93. The lowest BCUT2D eigenvalue weighted by molar-refractivity contribution is -0.113. The number of fused-ring (bicyclic) bond motifs is 1. The summed E-state index contributed by atoms with van der Waals surface area (Å²) >= 11 is 15.8. The van der Waals surface area contributed by atoms with Crippen molar-refractivity contribution in [3.05, 3.63) is 103 Å². The number of carbonyl (C=O) groups is 1. The molecule has 1 amide bonds. The van der Waals surface area contributed by atoms with Crippen molar-refractivity contribution in [3.63, 3.8) is 0 Å². The highest BCUT2D eigenvalue weighted by atomic mass is 79.9. The lowest BCUT2D eigenvalue weighted by Crippen LogP contribution is -2.31. The van der Waals surface area contributed by atoms with Gasteiger partial charge in [-0.25, -0.2) is 4.68 Å². The maximum absolute atomic E-state index is 13.7. The summed E-state index contributed by atoms with van der Waals surface area (Å²) < 4.78 is 14.1. The van der Waals surface area contributed by atoms with Crippen LogP contribution in [0.25, 0.3) is 0 Å². The van der Waals surface area contributed by atoms with E-state index in [0.29, 0.717) is 43.2 Å². The van der Waals surface area contributed by atoms with Crippen LogP contribution in [-0.2, 0) is 11.4 Å². The summed E-state index contributed by atoms with van der Waals surface area (Å²) in [6, 6.07) is 16.1. The number of aryl methyl sites for hydroxylation is 1. The Kier molecular flexibility index (Phi) is 7.83. The van der Waals surface area contributed by atoms with Gasteiger partial charge in [0.25, 0.3) is 5.91 Å². The molecule has 0 spiro atoms. The molecule has 11 heteroatoms. The van der Waals surface area contributed by atoms with Gasteiger partial charge in [0.1, 0.15) is 19.0 Å². The number of benzene rings is 3. The number of ether oxygens (including phenoxy) is 2. The van der Waals surface area contributed by atoms with E-state index in [-0.39, 0.29) is 12.5 Å². The topological polar surface area (TPSA) is 90.3 Å². The molecule has 0 radical (unpaired) electrons. The summed E-state index contributed by atoms with van der Waals surface area (Å²) in [6.07, 6.45) is 1.45. The second kappa shape index (κ2) is 11.3. The highest BCUT2D eigenvalue weighted by molar-refractivity contribution is 9.10. The van der Waals surface area contributed by atoms with Gasteiger partial charge in [-0.1, -0.05) is 47.5 Å². The number of aromatic nitrogens is 3. The van der Waals surface area contributed by atoms with Crippen LogP contribution >= 0.6 is 39.1 Å². The molecule has 8 nitrogen and oxygen atoms in total. The highest BCUT2D eigenvalue weighted by Gasteiger charge is 2.34. The minimum absolute atomic E-state index is 0.245. The van der Waals surface area contributed by atoms with E-state index < -0.39 is 6.04 Å². The molecule has 2 N–H and O–H groups in total. The van der Waals surface area contributed by atoms with E-state index in [4.69, 9.17) is 32.7 Å². The van der Waals surface area contributed by atoms with E-state index in [2.05, 4.69) is 36.6 Å². The van der Waals surface area contributed by atoms with E-state index in [9.17, 15) is 4.79 Å². The molecule has 1 aliphatic heterocycles. The first-order chi connectivity index (χ1) is 18.8. The smallest absolute Gasteiger partial charge is 0.255 e. The molecule has 3 aromatic carbocycles. The zero-order chi connectivity index (χ0) is 27.7. The Bertz CT molecular complexity index is 1600. The molecule has 1 unspecified atom stereocenters. The summed E-state index contributed by atoms with van der Waals surface area (Å²) in [6.45, 7) is 4.04. The molecule has 4 aromatic rings. The normalized spacial score (nSPS) is 14.5. The number of methoxy groups -OCH3 is 1. The van der Waals surface area contributed by atoms with Crippen LogP contribution in [0.5, 0.6) is 11.5 Å². The molecular weight excluding hydrogens is 605 g/mol. The molecule has 0 fully saturated rings. The first-order valence-corrected chi connectivity index (χ1v) is 13.5. The van der Waals surface area contributed by atoms with Crippen molar-refractivity contribution in [2.75, 3.05) is 17.7 Å². The average molecular weight is 629 g/mol. The second-order valence-corrected chi connectivity index (χ2v) is 10.6. The number of hydrogen-bond donors (Lipinski definition) is 2. The summed E-state index contributed by atoms with van der Waals surface area (Å²) in [5.41, 5.74) is 4.45. The van der Waals surface area contributed by atoms with Crippen LogP contribution in [0.1, 0.15) is 29.7 Å². The summed E-state index contributed by atoms with van der Waals surface area (Å²) in [5.74, 6) is 1.26. The lowest BCUT2D eigenvalue weighted by atomic mass is 9.94. The van der Waals surface area contributed by atoms with Crippen LogP contribution in [0, 0.1) is 6.92 Å². The molecule has 200 valence electrons. The first-order valence-electron chi connectivity index (χ1n) is 11.9. The molecule has 0 bridgehead atoms. The van der Waals surface area contributed by atoms with Crippen LogP contribution in [0.4, 0.5) is 11.6 Å². The van der Waals surface area contributed by atoms with Crippen molar-refractivity contribution in [2.24, 2.45) is 0 Å². The minimum atomic E-state index is -0.581. The van der Waals surface area contributed by atoms with Crippen molar-refractivity contribution >= 4 is 56.7 Å². The van der Waals surface area contributed by atoms with Crippen LogP contribution in [0.15, 0.2) is 76.7 Å². The Morgan fingerprint density at radius 1 is 1.13 bits per heavy atom. The van der Waals surface area contributed by atoms with Gasteiger partial charge in [-0.05, 0) is 76.8 Å². The third-order valence-corrected chi connectivity index (χ3v) is 7.70. The number of anilines is 2. The standard InChI is InChI=1S/C28H24BrCl2N5O3/c1-15-6-4-5-7-22(15)35-27(37)24-16(2)34-28-32-14-33-36(28)25(24)18-11-19(29)26(23(12-18)38-3)39-13-17-8-9-20(30)21(31)10-17/h4-12,14,25H,13H2,1-3H3,(H,35,37)(H,32,33,34). The predicted octanol–water partition coefficient (Wildman–Crippen LogP) is 7.17. The quantitative estimate of drug-likeness (QED) is 0.225. The summed E-state index contributed by atoms with van der Waals surface area (Å²) in [7, 11) is 1.56. The number of hydrogen-bond acceptors (Lipinski definition) is 6. The zero-order valence-electron chi connectivity index (χ0n) is 21.3. The van der Waals surface area contributed by atoms with Crippen molar-refractivity contribution in [2.45, 2.75) is 26.5 Å². The molecule has 0 saturated carbocycles. The zero-order valence-corrected chi connectivity index (χ0v) is 24.4. The van der Waals surface area contributed by atoms with Gasteiger partial charge in [0, 0.05) is 11.4 Å². The molecule has 1 aromatic heterocycles. The fourth-order valence-electron chi connectivity index (χ4n) is 4.42. The maximum atomic E-state index is 13.7. The Morgan fingerprint density at radius 3 is 2.67 bits per heavy atom. The van der Waals surface area contributed by atoms with E-state index in [0.717, 1.165) is 22.4 Å². The average Bonchev–Trinajstić information content (AvgIpc) is 3.38. The number of nitrogens with zero attached hydrogens (tertiary/aromatic N) is 3. The van der Waals surface area contributed by atoms with Crippen LogP contribution < -0.4 is 20.1 Å². The van der Waals surface area contributed by atoms with Crippen LogP contribution in [0.3, 0.4) is 0 Å². The van der Waals surface area contributed by atoms with Gasteiger partial charge in [-0.15, -0.1) is 0 Å².